The molecule has 0 amide bonds. The first-order chi connectivity index (χ1) is 11.1. The first-order valence-electron chi connectivity index (χ1n) is 8.53. The molecule has 0 aromatic heterocycles. The van der Waals surface area contributed by atoms with Crippen LogP contribution in [0.5, 0.6) is 0 Å². The summed E-state index contributed by atoms with van der Waals surface area (Å²) in [6, 6.07) is 6.65. The Hall–Kier alpha value is -1.84. The SMILES string of the molecule is CCCCCOC(=O)c1ccccc1C(=O)OCCC(C)CC. The number of ether oxygens (including phenoxy) is 2. The molecule has 1 aromatic rings. The maximum absolute atomic E-state index is 12.2. The predicted molar refractivity (Wildman–Crippen MR) is 90.6 cm³/mol. The lowest BCUT2D eigenvalue weighted by molar-refractivity contribution is 0.0443. The van der Waals surface area contributed by atoms with Crippen molar-refractivity contribution in [3.8, 4) is 0 Å². The molecule has 128 valence electrons. The number of carbonyl (C=O) groups excluding carboxylic acids is 2. The van der Waals surface area contributed by atoms with Crippen LogP contribution >= 0.6 is 0 Å². The molecule has 23 heavy (non-hydrogen) atoms. The van der Waals surface area contributed by atoms with E-state index in [1.54, 1.807) is 24.3 Å². The number of carbonyl (C=O) groups is 2. The first kappa shape index (κ1) is 19.2. The van der Waals surface area contributed by atoms with E-state index in [-0.39, 0.29) is 11.1 Å². The molecule has 0 spiro atoms. The van der Waals surface area contributed by atoms with Gasteiger partial charge in [-0.25, -0.2) is 9.59 Å². The van der Waals surface area contributed by atoms with E-state index in [1.807, 2.05) is 0 Å². The van der Waals surface area contributed by atoms with E-state index < -0.39 is 11.9 Å². The van der Waals surface area contributed by atoms with Crippen molar-refractivity contribution in [2.24, 2.45) is 5.92 Å². The lowest BCUT2D eigenvalue weighted by atomic mass is 10.1. The molecule has 0 fully saturated rings. The fourth-order valence-corrected chi connectivity index (χ4v) is 2.07. The average Bonchev–Trinajstić information content (AvgIpc) is 2.58. The maximum atomic E-state index is 12.2. The third kappa shape index (κ3) is 6.85. The van der Waals surface area contributed by atoms with Gasteiger partial charge in [-0.2, -0.15) is 0 Å². The van der Waals surface area contributed by atoms with Crippen LogP contribution in [0.1, 0.15) is 73.6 Å². The van der Waals surface area contributed by atoms with Gasteiger partial charge in [-0.15, -0.1) is 0 Å². The zero-order chi connectivity index (χ0) is 17.1. The summed E-state index contributed by atoms with van der Waals surface area (Å²) in [5, 5.41) is 0. The van der Waals surface area contributed by atoms with E-state index in [0.717, 1.165) is 32.1 Å². The second-order valence-electron chi connectivity index (χ2n) is 5.83. The van der Waals surface area contributed by atoms with Crippen LogP contribution in [0.15, 0.2) is 24.3 Å². The molecule has 0 aliphatic heterocycles. The molecule has 0 bridgehead atoms. The molecule has 1 atom stereocenters. The molecule has 4 nitrogen and oxygen atoms in total. The maximum Gasteiger partial charge on any atom is 0.339 e. The monoisotopic (exact) mass is 320 g/mol. The Morgan fingerprint density at radius 2 is 1.52 bits per heavy atom. The molecule has 1 aromatic carbocycles. The minimum atomic E-state index is -0.464. The highest BCUT2D eigenvalue weighted by atomic mass is 16.5. The summed E-state index contributed by atoms with van der Waals surface area (Å²) in [7, 11) is 0. The lowest BCUT2D eigenvalue weighted by Crippen LogP contribution is -2.15. The second kappa shape index (κ2) is 10.8. The van der Waals surface area contributed by atoms with Gasteiger partial charge in [0.1, 0.15) is 0 Å². The van der Waals surface area contributed by atoms with E-state index in [4.69, 9.17) is 9.47 Å². The molecule has 0 saturated heterocycles. The van der Waals surface area contributed by atoms with Gasteiger partial charge in [0, 0.05) is 0 Å². The van der Waals surface area contributed by atoms with Crippen molar-refractivity contribution in [2.45, 2.75) is 52.9 Å². The molecule has 0 radical (unpaired) electrons. The Balaban J connectivity index is 2.61. The molecular weight excluding hydrogens is 292 g/mol. The number of unbranched alkanes of at least 4 members (excludes halogenated alkanes) is 2. The minimum Gasteiger partial charge on any atom is -0.462 e. The van der Waals surface area contributed by atoms with Crippen molar-refractivity contribution < 1.29 is 19.1 Å². The average molecular weight is 320 g/mol. The van der Waals surface area contributed by atoms with Gasteiger partial charge in [0.05, 0.1) is 24.3 Å². The van der Waals surface area contributed by atoms with Crippen LogP contribution in [0.25, 0.3) is 0 Å². The van der Waals surface area contributed by atoms with E-state index in [9.17, 15) is 9.59 Å². The Bertz CT molecular complexity index is 496. The van der Waals surface area contributed by atoms with E-state index >= 15 is 0 Å². The van der Waals surface area contributed by atoms with E-state index in [2.05, 4.69) is 20.8 Å². The quantitative estimate of drug-likeness (QED) is 0.466. The van der Waals surface area contributed by atoms with E-state index in [0.29, 0.717) is 19.1 Å². The van der Waals surface area contributed by atoms with Crippen molar-refractivity contribution in [1.29, 1.82) is 0 Å². The van der Waals surface area contributed by atoms with Crippen molar-refractivity contribution in [3.05, 3.63) is 35.4 Å². The van der Waals surface area contributed by atoms with Crippen LogP contribution in [-0.4, -0.2) is 25.2 Å². The summed E-state index contributed by atoms with van der Waals surface area (Å²) in [4.78, 5) is 24.3. The highest BCUT2D eigenvalue weighted by Crippen LogP contribution is 2.14. The number of rotatable bonds is 10. The fourth-order valence-electron chi connectivity index (χ4n) is 2.07. The topological polar surface area (TPSA) is 52.6 Å². The third-order valence-electron chi connectivity index (χ3n) is 3.89. The van der Waals surface area contributed by atoms with Crippen molar-refractivity contribution in [2.75, 3.05) is 13.2 Å². The lowest BCUT2D eigenvalue weighted by Gasteiger charge is -2.11. The summed E-state index contributed by atoms with van der Waals surface area (Å²) in [6.07, 6.45) is 4.80. The summed E-state index contributed by atoms with van der Waals surface area (Å²) in [5.74, 6) is -0.411. The van der Waals surface area contributed by atoms with Crippen LogP contribution in [0.2, 0.25) is 0 Å². The number of esters is 2. The van der Waals surface area contributed by atoms with Gasteiger partial charge in [-0.3, -0.25) is 0 Å². The normalized spacial score (nSPS) is 11.8. The van der Waals surface area contributed by atoms with Crippen LogP contribution in [-0.2, 0) is 9.47 Å². The Labute approximate surface area is 139 Å². The highest BCUT2D eigenvalue weighted by Gasteiger charge is 2.18. The van der Waals surface area contributed by atoms with Crippen LogP contribution in [0, 0.1) is 5.92 Å². The van der Waals surface area contributed by atoms with Crippen LogP contribution < -0.4 is 0 Å². The predicted octanol–water partition coefficient (Wildman–Crippen LogP) is 4.63. The molecular formula is C19H28O4. The largest absolute Gasteiger partial charge is 0.462 e. The van der Waals surface area contributed by atoms with Crippen molar-refractivity contribution >= 4 is 11.9 Å². The van der Waals surface area contributed by atoms with E-state index in [1.165, 1.54) is 0 Å². The number of hydrogen-bond acceptors (Lipinski definition) is 4. The Kier molecular flexibility index (Phi) is 9.03. The molecule has 0 N–H and O–H groups in total. The van der Waals surface area contributed by atoms with Gasteiger partial charge in [-0.05, 0) is 30.9 Å². The molecule has 1 unspecified atom stereocenters. The minimum absolute atomic E-state index is 0.275. The number of benzene rings is 1. The summed E-state index contributed by atoms with van der Waals surface area (Å²) < 4.78 is 10.5. The molecule has 0 aliphatic carbocycles. The molecule has 1 rings (SSSR count). The molecule has 0 saturated carbocycles. The van der Waals surface area contributed by atoms with Gasteiger partial charge < -0.3 is 9.47 Å². The van der Waals surface area contributed by atoms with Gasteiger partial charge in [0.2, 0.25) is 0 Å². The smallest absolute Gasteiger partial charge is 0.339 e. The van der Waals surface area contributed by atoms with Crippen LogP contribution in [0.4, 0.5) is 0 Å². The van der Waals surface area contributed by atoms with Gasteiger partial charge in [0.15, 0.2) is 0 Å². The third-order valence-corrected chi connectivity index (χ3v) is 3.89. The molecule has 0 aliphatic rings. The Morgan fingerprint density at radius 3 is 2.04 bits per heavy atom. The fraction of sp³-hybridized carbons (Fsp3) is 0.579. The van der Waals surface area contributed by atoms with Crippen molar-refractivity contribution in [1.82, 2.24) is 0 Å². The van der Waals surface area contributed by atoms with Gasteiger partial charge in [0.25, 0.3) is 0 Å². The molecule has 0 heterocycles. The van der Waals surface area contributed by atoms with Crippen molar-refractivity contribution in [3.63, 3.8) is 0 Å². The molecule has 4 heteroatoms. The summed E-state index contributed by atoms with van der Waals surface area (Å²) in [6.45, 7) is 7.07. The number of hydrogen-bond donors (Lipinski definition) is 0. The summed E-state index contributed by atoms with van der Waals surface area (Å²) in [5.41, 5.74) is 0.551. The Morgan fingerprint density at radius 1 is 0.957 bits per heavy atom. The van der Waals surface area contributed by atoms with Gasteiger partial charge >= 0.3 is 11.9 Å². The standard InChI is InChI=1S/C19H28O4/c1-4-6-9-13-22-18(20)16-10-7-8-11-17(16)19(21)23-14-12-15(3)5-2/h7-8,10-11,15H,4-6,9,12-14H2,1-3H3. The van der Waals surface area contributed by atoms with Crippen LogP contribution in [0.3, 0.4) is 0 Å². The summed E-state index contributed by atoms with van der Waals surface area (Å²) >= 11 is 0. The van der Waals surface area contributed by atoms with Gasteiger partial charge in [-0.1, -0.05) is 52.2 Å². The zero-order valence-electron chi connectivity index (χ0n) is 14.5. The second-order valence-corrected chi connectivity index (χ2v) is 5.83. The zero-order valence-corrected chi connectivity index (χ0v) is 14.5. The first-order valence-corrected chi connectivity index (χ1v) is 8.53. The highest BCUT2D eigenvalue weighted by molar-refractivity contribution is 6.03.